The summed E-state index contributed by atoms with van der Waals surface area (Å²) in [4.78, 5) is 24.2. The third-order valence-corrected chi connectivity index (χ3v) is 4.66. The number of amides is 1. The Bertz CT molecular complexity index is 568. The van der Waals surface area contributed by atoms with Crippen molar-refractivity contribution in [1.82, 2.24) is 10.6 Å². The molecule has 1 amide bonds. The smallest absolute Gasteiger partial charge is 0.220 e. The number of hydrogen-bond donors (Lipinski definition) is 2. The zero-order chi connectivity index (χ0) is 15.4. The molecule has 23 heavy (non-hydrogen) atoms. The first-order chi connectivity index (χ1) is 10.7. The van der Waals surface area contributed by atoms with E-state index in [9.17, 15) is 9.59 Å². The molecule has 0 aromatic heterocycles. The van der Waals surface area contributed by atoms with Crippen molar-refractivity contribution < 1.29 is 9.59 Å². The van der Waals surface area contributed by atoms with E-state index in [-0.39, 0.29) is 36.6 Å². The summed E-state index contributed by atoms with van der Waals surface area (Å²) in [7, 11) is 0. The fraction of sp³-hybridized carbons (Fsp3) is 0.556. The van der Waals surface area contributed by atoms with Crippen LogP contribution in [0.1, 0.15) is 53.6 Å². The van der Waals surface area contributed by atoms with Crippen LogP contribution in [0.15, 0.2) is 18.2 Å². The zero-order valence-electron chi connectivity index (χ0n) is 13.4. The summed E-state index contributed by atoms with van der Waals surface area (Å²) < 4.78 is 0. The summed E-state index contributed by atoms with van der Waals surface area (Å²) in [6.07, 6.45) is 6.09. The number of benzene rings is 1. The van der Waals surface area contributed by atoms with E-state index in [0.717, 1.165) is 44.3 Å². The molecule has 1 saturated heterocycles. The molecule has 1 aromatic carbocycles. The molecule has 4 nitrogen and oxygen atoms in total. The summed E-state index contributed by atoms with van der Waals surface area (Å²) in [5.41, 5.74) is 3.44. The van der Waals surface area contributed by atoms with E-state index in [1.807, 2.05) is 12.1 Å². The predicted octanol–water partition coefficient (Wildman–Crippen LogP) is 2.43. The summed E-state index contributed by atoms with van der Waals surface area (Å²) >= 11 is 0. The van der Waals surface area contributed by atoms with Crippen molar-refractivity contribution in [1.29, 1.82) is 0 Å². The predicted molar refractivity (Wildman–Crippen MR) is 93.3 cm³/mol. The van der Waals surface area contributed by atoms with E-state index in [0.29, 0.717) is 6.42 Å². The molecule has 126 valence electrons. The quantitative estimate of drug-likeness (QED) is 0.812. The van der Waals surface area contributed by atoms with Crippen LogP contribution in [-0.2, 0) is 17.6 Å². The molecule has 1 unspecified atom stereocenters. The first-order valence-corrected chi connectivity index (χ1v) is 8.37. The fourth-order valence-corrected chi connectivity index (χ4v) is 3.39. The maximum atomic E-state index is 12.2. The van der Waals surface area contributed by atoms with Gasteiger partial charge in [-0.1, -0.05) is 12.1 Å². The van der Waals surface area contributed by atoms with Gasteiger partial charge in [0.2, 0.25) is 5.91 Å². The minimum absolute atomic E-state index is 0. The van der Waals surface area contributed by atoms with E-state index in [1.54, 1.807) is 0 Å². The van der Waals surface area contributed by atoms with Crippen molar-refractivity contribution >= 4 is 24.1 Å². The highest BCUT2D eigenvalue weighted by Crippen LogP contribution is 2.23. The van der Waals surface area contributed by atoms with E-state index < -0.39 is 0 Å². The number of rotatable bonds is 5. The van der Waals surface area contributed by atoms with Gasteiger partial charge in [-0.05, 0) is 55.8 Å². The number of Topliss-reactive ketones (excluding diaryl/α,β-unsaturated/α-hetero) is 1. The van der Waals surface area contributed by atoms with Gasteiger partial charge in [-0.2, -0.15) is 0 Å². The number of ketones is 1. The zero-order valence-corrected chi connectivity index (χ0v) is 14.2. The Kier molecular flexibility index (Phi) is 6.60. The molecule has 0 radical (unpaired) electrons. The minimum atomic E-state index is -0.0109. The highest BCUT2D eigenvalue weighted by molar-refractivity contribution is 5.98. The molecular formula is C18H25ClN2O2. The van der Waals surface area contributed by atoms with Gasteiger partial charge in [-0.15, -0.1) is 12.4 Å². The third kappa shape index (κ3) is 4.79. The highest BCUT2D eigenvalue weighted by Gasteiger charge is 2.17. The van der Waals surface area contributed by atoms with Crippen molar-refractivity contribution in [2.75, 3.05) is 13.1 Å². The van der Waals surface area contributed by atoms with Crippen molar-refractivity contribution in [2.24, 2.45) is 0 Å². The second-order valence-electron chi connectivity index (χ2n) is 6.37. The molecule has 2 aliphatic rings. The van der Waals surface area contributed by atoms with Crippen LogP contribution in [0.25, 0.3) is 0 Å². The summed E-state index contributed by atoms with van der Waals surface area (Å²) in [6, 6.07) is 6.23. The van der Waals surface area contributed by atoms with Crippen molar-refractivity contribution in [3.05, 3.63) is 34.9 Å². The average molecular weight is 337 g/mol. The molecule has 1 aliphatic heterocycles. The normalized spacial score (nSPS) is 19.6. The minimum Gasteiger partial charge on any atom is -0.352 e. The standard InChI is InChI=1S/C18H24N2O2.ClH/c21-17(15-7-6-13-3-1-4-14(13)11-15)8-9-18(22)20-16-5-2-10-19-12-16;/h6-7,11,16,19H,1-5,8-10,12H2,(H,20,22);1H. The molecule has 1 heterocycles. The number of piperidine rings is 1. The summed E-state index contributed by atoms with van der Waals surface area (Å²) in [5.74, 6) is 0.0647. The number of carbonyl (C=O) groups is 2. The number of hydrogen-bond acceptors (Lipinski definition) is 3. The third-order valence-electron chi connectivity index (χ3n) is 4.66. The number of halogens is 1. The fourth-order valence-electron chi connectivity index (χ4n) is 3.39. The molecule has 0 bridgehead atoms. The molecule has 3 rings (SSSR count). The van der Waals surface area contributed by atoms with Crippen molar-refractivity contribution in [3.8, 4) is 0 Å². The van der Waals surface area contributed by atoms with Gasteiger partial charge in [0, 0.05) is 31.0 Å². The van der Waals surface area contributed by atoms with Gasteiger partial charge in [0.05, 0.1) is 0 Å². The number of nitrogens with one attached hydrogen (secondary N) is 2. The molecule has 1 atom stereocenters. The Morgan fingerprint density at radius 1 is 1.13 bits per heavy atom. The van der Waals surface area contributed by atoms with Crippen LogP contribution in [0.2, 0.25) is 0 Å². The monoisotopic (exact) mass is 336 g/mol. The second kappa shape index (κ2) is 8.46. The Balaban J connectivity index is 0.00000192. The van der Waals surface area contributed by atoms with Gasteiger partial charge in [0.1, 0.15) is 0 Å². The van der Waals surface area contributed by atoms with Crippen LogP contribution in [0.3, 0.4) is 0 Å². The molecule has 0 saturated carbocycles. The maximum absolute atomic E-state index is 12.2. The lowest BCUT2D eigenvalue weighted by Gasteiger charge is -2.23. The maximum Gasteiger partial charge on any atom is 0.220 e. The van der Waals surface area contributed by atoms with Crippen LogP contribution in [0.4, 0.5) is 0 Å². The van der Waals surface area contributed by atoms with Crippen LogP contribution < -0.4 is 10.6 Å². The van der Waals surface area contributed by atoms with Gasteiger partial charge in [0.15, 0.2) is 5.78 Å². The molecule has 0 spiro atoms. The van der Waals surface area contributed by atoms with Gasteiger partial charge in [-0.3, -0.25) is 9.59 Å². The molecular weight excluding hydrogens is 312 g/mol. The summed E-state index contributed by atoms with van der Waals surface area (Å²) in [5, 5.41) is 6.29. The second-order valence-corrected chi connectivity index (χ2v) is 6.37. The van der Waals surface area contributed by atoms with E-state index >= 15 is 0 Å². The number of fused-ring (bicyclic) bond motifs is 1. The van der Waals surface area contributed by atoms with Gasteiger partial charge in [-0.25, -0.2) is 0 Å². The molecule has 1 fully saturated rings. The lowest BCUT2D eigenvalue weighted by molar-refractivity contribution is -0.121. The first-order valence-electron chi connectivity index (χ1n) is 8.37. The first kappa shape index (κ1) is 18.0. The molecule has 2 N–H and O–H groups in total. The number of carbonyl (C=O) groups excluding carboxylic acids is 2. The van der Waals surface area contributed by atoms with Gasteiger partial charge >= 0.3 is 0 Å². The molecule has 1 aliphatic carbocycles. The van der Waals surface area contributed by atoms with Gasteiger partial charge in [0.25, 0.3) is 0 Å². The number of aryl methyl sites for hydroxylation is 2. The SMILES string of the molecule is Cl.O=C(CCC(=O)c1ccc2c(c1)CCC2)NC1CCCNC1. The highest BCUT2D eigenvalue weighted by atomic mass is 35.5. The summed E-state index contributed by atoms with van der Waals surface area (Å²) in [6.45, 7) is 1.87. The van der Waals surface area contributed by atoms with Crippen LogP contribution in [-0.4, -0.2) is 30.8 Å². The van der Waals surface area contributed by atoms with Crippen LogP contribution >= 0.6 is 12.4 Å². The largest absolute Gasteiger partial charge is 0.352 e. The van der Waals surface area contributed by atoms with E-state index in [2.05, 4.69) is 16.7 Å². The average Bonchev–Trinajstić information content (AvgIpc) is 3.01. The van der Waals surface area contributed by atoms with Gasteiger partial charge < -0.3 is 10.6 Å². The Hall–Kier alpha value is -1.39. The van der Waals surface area contributed by atoms with Crippen LogP contribution in [0, 0.1) is 0 Å². The topological polar surface area (TPSA) is 58.2 Å². The lowest BCUT2D eigenvalue weighted by atomic mass is 10.0. The van der Waals surface area contributed by atoms with E-state index in [1.165, 1.54) is 17.5 Å². The Morgan fingerprint density at radius 2 is 1.96 bits per heavy atom. The molecule has 5 heteroatoms. The van der Waals surface area contributed by atoms with Crippen molar-refractivity contribution in [2.45, 2.75) is 51.0 Å². The molecule has 1 aromatic rings. The Morgan fingerprint density at radius 3 is 2.74 bits per heavy atom. The van der Waals surface area contributed by atoms with Crippen molar-refractivity contribution in [3.63, 3.8) is 0 Å². The lowest BCUT2D eigenvalue weighted by Crippen LogP contribution is -2.45. The Labute approximate surface area is 143 Å². The van der Waals surface area contributed by atoms with E-state index in [4.69, 9.17) is 0 Å². The van der Waals surface area contributed by atoms with Crippen LogP contribution in [0.5, 0.6) is 0 Å².